The standard InChI is InChI=1S/C15H16O2S.C7H8O4S/c1-17-14-5-3-4-12(10-14)11-18(2)15-8-6-13(16)7-9-15;8-12(9,10)11-6-7-4-2-1-3-5-7/h3-10H,11H2,1-2H3;1-5H,6H2,(H,8,9,10). The Morgan fingerprint density at radius 1 is 0.933 bits per heavy atom. The van der Waals surface area contributed by atoms with Crippen molar-refractivity contribution in [1.82, 2.24) is 0 Å². The Morgan fingerprint density at radius 3 is 2.17 bits per heavy atom. The highest BCUT2D eigenvalue weighted by molar-refractivity contribution is 7.95. The third-order valence-corrected chi connectivity index (χ3v) is 6.22. The Hall–Kier alpha value is -2.52. The minimum absolute atomic E-state index is 0.130. The molecule has 0 aromatic heterocycles. The molecule has 0 heterocycles. The second kappa shape index (κ2) is 11.6. The molecule has 0 aliphatic carbocycles. The molecule has 3 aromatic rings. The van der Waals surface area contributed by atoms with Gasteiger partial charge in [-0.2, -0.15) is 0 Å². The van der Waals surface area contributed by atoms with Gasteiger partial charge in [0.1, 0.15) is 23.5 Å². The number of hydrogen-bond donors (Lipinski definition) is 1. The first-order chi connectivity index (χ1) is 14.3. The third-order valence-electron chi connectivity index (χ3n) is 3.97. The van der Waals surface area contributed by atoms with E-state index >= 15 is 0 Å². The summed E-state index contributed by atoms with van der Waals surface area (Å²) in [7, 11) is -2.76. The second-order valence-corrected chi connectivity index (χ2v) is 9.37. The zero-order valence-corrected chi connectivity index (χ0v) is 18.4. The molecule has 1 N–H and O–H groups in total. The molecule has 1 unspecified atom stereocenters. The lowest BCUT2D eigenvalue weighted by Gasteiger charge is -2.06. The van der Waals surface area contributed by atoms with Crippen LogP contribution in [0, 0.1) is 0 Å². The Balaban J connectivity index is 0.000000232. The van der Waals surface area contributed by atoms with Gasteiger partial charge in [-0.1, -0.05) is 42.5 Å². The fourth-order valence-electron chi connectivity index (χ4n) is 2.49. The molecule has 30 heavy (non-hydrogen) atoms. The van der Waals surface area contributed by atoms with Crippen molar-refractivity contribution in [2.45, 2.75) is 17.3 Å². The van der Waals surface area contributed by atoms with Crippen LogP contribution in [0.2, 0.25) is 0 Å². The van der Waals surface area contributed by atoms with E-state index in [1.54, 1.807) is 49.6 Å². The van der Waals surface area contributed by atoms with Crippen molar-refractivity contribution in [1.29, 1.82) is 0 Å². The molecule has 0 aliphatic heterocycles. The number of benzene rings is 3. The zero-order chi connectivity index (χ0) is 22.0. The van der Waals surface area contributed by atoms with Crippen molar-refractivity contribution in [3.05, 3.63) is 90.0 Å². The highest BCUT2D eigenvalue weighted by Gasteiger charge is 2.16. The number of ether oxygens (including phenoxy) is 1. The van der Waals surface area contributed by atoms with Gasteiger partial charge in [0.05, 0.1) is 13.7 Å². The molecule has 0 radical (unpaired) electrons. The van der Waals surface area contributed by atoms with E-state index in [0.29, 0.717) is 11.3 Å². The molecular weight excluding hydrogens is 424 g/mol. The summed E-state index contributed by atoms with van der Waals surface area (Å²) in [5.74, 6) is 2.20. The van der Waals surface area contributed by atoms with Crippen LogP contribution in [0.25, 0.3) is 0 Å². The largest absolute Gasteiger partial charge is 0.726 e. The van der Waals surface area contributed by atoms with Crippen LogP contribution in [0.4, 0.5) is 0 Å². The molecule has 0 bridgehead atoms. The lowest BCUT2D eigenvalue weighted by molar-refractivity contribution is 0.253. The molecular formula is C22H24O6S2. The van der Waals surface area contributed by atoms with Gasteiger partial charge in [-0.3, -0.25) is 4.18 Å². The summed E-state index contributed by atoms with van der Waals surface area (Å²) >= 11 is 0. The van der Waals surface area contributed by atoms with E-state index in [-0.39, 0.29) is 17.5 Å². The van der Waals surface area contributed by atoms with E-state index in [1.165, 1.54) is 10.5 Å². The van der Waals surface area contributed by atoms with Crippen LogP contribution in [0.5, 0.6) is 11.5 Å². The molecule has 0 amide bonds. The topological polar surface area (TPSA) is 95.9 Å². The summed E-state index contributed by atoms with van der Waals surface area (Å²) in [4.78, 5) is 1.26. The average molecular weight is 449 g/mol. The predicted octanol–water partition coefficient (Wildman–Crippen LogP) is 3.87. The summed E-state index contributed by atoms with van der Waals surface area (Å²) in [6.07, 6.45) is 2.21. The Labute approximate surface area is 180 Å². The maximum Gasteiger partial charge on any atom is 0.217 e. The van der Waals surface area contributed by atoms with Crippen molar-refractivity contribution in [3.63, 3.8) is 0 Å². The normalized spacial score (nSPS) is 11.8. The second-order valence-electron chi connectivity index (χ2n) is 6.28. The average Bonchev–Trinajstić information content (AvgIpc) is 2.73. The molecule has 0 fully saturated rings. The van der Waals surface area contributed by atoms with Gasteiger partial charge in [0.2, 0.25) is 10.4 Å². The van der Waals surface area contributed by atoms with E-state index in [1.807, 2.05) is 24.3 Å². The van der Waals surface area contributed by atoms with Crippen LogP contribution in [0.15, 0.2) is 83.8 Å². The van der Waals surface area contributed by atoms with E-state index in [0.717, 1.165) is 11.5 Å². The lowest BCUT2D eigenvalue weighted by atomic mass is 10.2. The summed E-state index contributed by atoms with van der Waals surface area (Å²) in [6, 6.07) is 24.2. The lowest BCUT2D eigenvalue weighted by Crippen LogP contribution is -2.03. The summed E-state index contributed by atoms with van der Waals surface area (Å²) in [6.45, 7) is -0.202. The molecule has 0 saturated heterocycles. The van der Waals surface area contributed by atoms with Gasteiger partial charge in [0.25, 0.3) is 0 Å². The summed E-state index contributed by atoms with van der Waals surface area (Å²) < 4.78 is 39.3. The molecule has 0 spiro atoms. The predicted molar refractivity (Wildman–Crippen MR) is 117 cm³/mol. The Morgan fingerprint density at radius 2 is 1.57 bits per heavy atom. The molecule has 0 saturated carbocycles. The van der Waals surface area contributed by atoms with Crippen molar-refractivity contribution in [3.8, 4) is 11.5 Å². The monoisotopic (exact) mass is 448 g/mol. The number of phenols is 1. The van der Waals surface area contributed by atoms with Crippen LogP contribution in [0.1, 0.15) is 11.1 Å². The molecule has 3 aromatic carbocycles. The van der Waals surface area contributed by atoms with E-state index < -0.39 is 10.4 Å². The SMILES string of the molecule is COc1cccc(C[S+](C)c2ccc(O)cc2)c1.O=S(=O)([O-])OCc1ccccc1. The fraction of sp³-hybridized carbons (Fsp3) is 0.182. The van der Waals surface area contributed by atoms with Gasteiger partial charge in [0, 0.05) is 16.5 Å². The number of methoxy groups -OCH3 is 1. The summed E-state index contributed by atoms with van der Waals surface area (Å²) in [5.41, 5.74) is 1.92. The number of aromatic hydroxyl groups is 1. The van der Waals surface area contributed by atoms with Gasteiger partial charge in [-0.05, 0) is 42.0 Å². The van der Waals surface area contributed by atoms with Gasteiger partial charge >= 0.3 is 0 Å². The van der Waals surface area contributed by atoms with Crippen LogP contribution in [0.3, 0.4) is 0 Å². The van der Waals surface area contributed by atoms with Gasteiger partial charge in [-0.25, -0.2) is 8.42 Å². The Bertz CT molecular complexity index is 1010. The number of hydrogen-bond acceptors (Lipinski definition) is 6. The Kier molecular flexibility index (Phi) is 9.19. The van der Waals surface area contributed by atoms with Crippen molar-refractivity contribution < 1.29 is 27.0 Å². The first-order valence-corrected chi connectivity index (χ1v) is 12.1. The summed E-state index contributed by atoms with van der Waals surface area (Å²) in [5, 5.41) is 9.28. The molecule has 8 heteroatoms. The number of rotatable bonds is 7. The van der Waals surface area contributed by atoms with E-state index in [4.69, 9.17) is 4.74 Å². The number of phenolic OH excluding ortho intramolecular Hbond substituents is 1. The quantitative estimate of drug-likeness (QED) is 0.335. The molecule has 0 aliphatic rings. The molecule has 160 valence electrons. The first kappa shape index (κ1) is 23.8. The third kappa shape index (κ3) is 8.87. The van der Waals surface area contributed by atoms with E-state index in [9.17, 15) is 18.1 Å². The van der Waals surface area contributed by atoms with Crippen LogP contribution in [-0.2, 0) is 37.8 Å². The molecule has 6 nitrogen and oxygen atoms in total. The molecule has 3 rings (SSSR count). The van der Waals surface area contributed by atoms with E-state index in [2.05, 4.69) is 22.6 Å². The van der Waals surface area contributed by atoms with Crippen LogP contribution < -0.4 is 4.74 Å². The minimum Gasteiger partial charge on any atom is -0.726 e. The smallest absolute Gasteiger partial charge is 0.217 e. The van der Waals surface area contributed by atoms with Crippen LogP contribution >= 0.6 is 0 Å². The first-order valence-electron chi connectivity index (χ1n) is 8.95. The maximum atomic E-state index is 10.0. The van der Waals surface area contributed by atoms with Crippen LogP contribution in [-0.4, -0.2) is 31.4 Å². The maximum absolute atomic E-state index is 10.0. The van der Waals surface area contributed by atoms with Gasteiger partial charge in [-0.15, -0.1) is 0 Å². The van der Waals surface area contributed by atoms with Crippen molar-refractivity contribution in [2.75, 3.05) is 13.4 Å². The van der Waals surface area contributed by atoms with Crippen molar-refractivity contribution >= 4 is 21.3 Å². The van der Waals surface area contributed by atoms with Gasteiger partial charge in [0.15, 0.2) is 4.90 Å². The van der Waals surface area contributed by atoms with Gasteiger partial charge < -0.3 is 14.4 Å². The highest BCUT2D eigenvalue weighted by Crippen LogP contribution is 2.21. The minimum atomic E-state index is -4.57. The van der Waals surface area contributed by atoms with Crippen molar-refractivity contribution in [2.24, 2.45) is 0 Å². The highest BCUT2D eigenvalue weighted by atomic mass is 32.3. The fourth-order valence-corrected chi connectivity index (χ4v) is 4.22. The molecule has 1 atom stereocenters. The zero-order valence-electron chi connectivity index (χ0n) is 16.7.